The van der Waals surface area contributed by atoms with Crippen molar-refractivity contribution in [2.75, 3.05) is 17.7 Å². The highest BCUT2D eigenvalue weighted by Gasteiger charge is 2.11. The standard InChI is InChI=1S/C13H15N3OS/c1-8-4-5-9(2)10(6-8)12(17)16-13-15-7-11(14-3)18-13/h4-7,14H,1-3H3,(H,15,16,17). The van der Waals surface area contributed by atoms with Crippen LogP contribution in [0.1, 0.15) is 21.5 Å². The fraction of sp³-hybridized carbons (Fsp3) is 0.231. The molecular weight excluding hydrogens is 246 g/mol. The van der Waals surface area contributed by atoms with Crippen molar-refractivity contribution in [3.63, 3.8) is 0 Å². The van der Waals surface area contributed by atoms with Gasteiger partial charge in [-0.15, -0.1) is 0 Å². The third-order valence-corrected chi connectivity index (χ3v) is 3.54. The molecule has 0 fully saturated rings. The van der Waals surface area contributed by atoms with Gasteiger partial charge in [-0.25, -0.2) is 4.98 Å². The minimum Gasteiger partial charge on any atom is -0.379 e. The van der Waals surface area contributed by atoms with Gasteiger partial charge in [0.25, 0.3) is 5.91 Å². The minimum atomic E-state index is -0.117. The van der Waals surface area contributed by atoms with Gasteiger partial charge >= 0.3 is 0 Å². The Kier molecular flexibility index (Phi) is 3.62. The highest BCUT2D eigenvalue weighted by Crippen LogP contribution is 2.23. The molecule has 2 aromatic rings. The fourth-order valence-electron chi connectivity index (χ4n) is 1.59. The number of nitrogens with one attached hydrogen (secondary N) is 2. The zero-order valence-corrected chi connectivity index (χ0v) is 11.4. The topological polar surface area (TPSA) is 54.0 Å². The van der Waals surface area contributed by atoms with Gasteiger partial charge < -0.3 is 5.32 Å². The first-order chi connectivity index (χ1) is 8.60. The summed E-state index contributed by atoms with van der Waals surface area (Å²) in [5, 5.41) is 7.32. The van der Waals surface area contributed by atoms with E-state index in [0.717, 1.165) is 16.1 Å². The Balaban J connectivity index is 2.19. The number of aromatic nitrogens is 1. The smallest absolute Gasteiger partial charge is 0.257 e. The van der Waals surface area contributed by atoms with Gasteiger partial charge in [-0.1, -0.05) is 29.0 Å². The molecule has 0 unspecified atom stereocenters. The van der Waals surface area contributed by atoms with E-state index in [1.54, 1.807) is 6.20 Å². The van der Waals surface area contributed by atoms with Crippen LogP contribution in [0.4, 0.5) is 10.1 Å². The fourth-order valence-corrected chi connectivity index (χ4v) is 2.26. The number of thiazole rings is 1. The zero-order valence-electron chi connectivity index (χ0n) is 10.6. The van der Waals surface area contributed by atoms with Crippen LogP contribution in [-0.4, -0.2) is 17.9 Å². The highest BCUT2D eigenvalue weighted by atomic mass is 32.1. The number of nitrogens with zero attached hydrogens (tertiary/aromatic N) is 1. The lowest BCUT2D eigenvalue weighted by Crippen LogP contribution is -2.13. The molecule has 0 aliphatic carbocycles. The number of benzene rings is 1. The maximum absolute atomic E-state index is 12.1. The third kappa shape index (κ3) is 2.68. The first-order valence-electron chi connectivity index (χ1n) is 5.62. The summed E-state index contributed by atoms with van der Waals surface area (Å²) in [7, 11) is 1.82. The number of aryl methyl sites for hydroxylation is 2. The Labute approximate surface area is 110 Å². The average molecular weight is 261 g/mol. The molecule has 1 aromatic carbocycles. The van der Waals surface area contributed by atoms with E-state index >= 15 is 0 Å². The average Bonchev–Trinajstić information content (AvgIpc) is 2.80. The number of anilines is 2. The second kappa shape index (κ2) is 5.18. The lowest BCUT2D eigenvalue weighted by Gasteiger charge is -2.06. The summed E-state index contributed by atoms with van der Waals surface area (Å²) < 4.78 is 0. The second-order valence-electron chi connectivity index (χ2n) is 4.05. The quantitative estimate of drug-likeness (QED) is 0.892. The van der Waals surface area contributed by atoms with E-state index in [1.165, 1.54) is 11.3 Å². The van der Waals surface area contributed by atoms with Crippen LogP contribution < -0.4 is 10.6 Å². The molecule has 0 radical (unpaired) electrons. The molecule has 0 aliphatic rings. The third-order valence-electron chi connectivity index (χ3n) is 2.61. The van der Waals surface area contributed by atoms with Gasteiger partial charge in [-0.05, 0) is 25.5 Å². The SMILES string of the molecule is CNc1cnc(NC(=O)c2cc(C)ccc2C)s1. The van der Waals surface area contributed by atoms with E-state index in [9.17, 15) is 4.79 Å². The van der Waals surface area contributed by atoms with Crippen LogP contribution >= 0.6 is 11.3 Å². The van der Waals surface area contributed by atoms with Crippen molar-refractivity contribution in [2.45, 2.75) is 13.8 Å². The van der Waals surface area contributed by atoms with E-state index < -0.39 is 0 Å². The lowest BCUT2D eigenvalue weighted by molar-refractivity contribution is 0.102. The number of rotatable bonds is 3. The molecule has 0 atom stereocenters. The second-order valence-corrected chi connectivity index (χ2v) is 5.08. The van der Waals surface area contributed by atoms with Gasteiger partial charge in [0.05, 0.1) is 6.20 Å². The summed E-state index contributed by atoms with van der Waals surface area (Å²) in [6.07, 6.45) is 1.70. The summed E-state index contributed by atoms with van der Waals surface area (Å²) in [5.41, 5.74) is 2.72. The van der Waals surface area contributed by atoms with Gasteiger partial charge in [0.15, 0.2) is 5.13 Å². The number of hydrogen-bond donors (Lipinski definition) is 2. The normalized spacial score (nSPS) is 10.2. The van der Waals surface area contributed by atoms with Crippen LogP contribution in [0.3, 0.4) is 0 Å². The van der Waals surface area contributed by atoms with Crippen LogP contribution in [0.5, 0.6) is 0 Å². The van der Waals surface area contributed by atoms with Crippen LogP contribution in [-0.2, 0) is 0 Å². The monoisotopic (exact) mass is 261 g/mol. The Hall–Kier alpha value is -1.88. The molecule has 2 rings (SSSR count). The van der Waals surface area contributed by atoms with Gasteiger partial charge in [-0.2, -0.15) is 0 Å². The first kappa shape index (κ1) is 12.6. The van der Waals surface area contributed by atoms with Gasteiger partial charge in [-0.3, -0.25) is 10.1 Å². The maximum Gasteiger partial charge on any atom is 0.257 e. The molecule has 0 saturated heterocycles. The zero-order chi connectivity index (χ0) is 13.1. The van der Waals surface area contributed by atoms with Crippen LogP contribution in [0.2, 0.25) is 0 Å². The number of carbonyl (C=O) groups excluding carboxylic acids is 1. The largest absolute Gasteiger partial charge is 0.379 e. The summed E-state index contributed by atoms with van der Waals surface area (Å²) in [5.74, 6) is -0.117. The van der Waals surface area contributed by atoms with Crippen molar-refractivity contribution in [3.05, 3.63) is 41.1 Å². The Morgan fingerprint density at radius 3 is 2.78 bits per heavy atom. The van der Waals surface area contributed by atoms with Crippen molar-refractivity contribution >= 4 is 27.4 Å². The molecule has 1 heterocycles. The Bertz CT molecular complexity index is 577. The summed E-state index contributed by atoms with van der Waals surface area (Å²) >= 11 is 1.41. The molecule has 5 heteroatoms. The molecule has 0 saturated carbocycles. The van der Waals surface area contributed by atoms with Crippen molar-refractivity contribution in [1.82, 2.24) is 4.98 Å². The van der Waals surface area contributed by atoms with Crippen LogP contribution in [0, 0.1) is 13.8 Å². The van der Waals surface area contributed by atoms with Crippen molar-refractivity contribution < 1.29 is 4.79 Å². The number of amides is 1. The predicted molar refractivity (Wildman–Crippen MR) is 75.5 cm³/mol. The Morgan fingerprint density at radius 2 is 2.11 bits per heavy atom. The molecule has 2 N–H and O–H groups in total. The highest BCUT2D eigenvalue weighted by molar-refractivity contribution is 7.19. The predicted octanol–water partition coefficient (Wildman–Crippen LogP) is 3.05. The van der Waals surface area contributed by atoms with E-state index in [4.69, 9.17) is 0 Å². The molecule has 1 aromatic heterocycles. The van der Waals surface area contributed by atoms with Crippen LogP contribution in [0.15, 0.2) is 24.4 Å². The van der Waals surface area contributed by atoms with E-state index in [2.05, 4.69) is 15.6 Å². The summed E-state index contributed by atoms with van der Waals surface area (Å²) in [6.45, 7) is 3.90. The van der Waals surface area contributed by atoms with E-state index in [1.807, 2.05) is 39.1 Å². The van der Waals surface area contributed by atoms with Crippen LogP contribution in [0.25, 0.3) is 0 Å². The minimum absolute atomic E-state index is 0.117. The molecule has 0 aliphatic heterocycles. The van der Waals surface area contributed by atoms with E-state index in [0.29, 0.717) is 10.7 Å². The molecule has 18 heavy (non-hydrogen) atoms. The molecule has 94 valence electrons. The summed E-state index contributed by atoms with van der Waals surface area (Å²) in [4.78, 5) is 16.2. The van der Waals surface area contributed by atoms with Gasteiger partial charge in [0.1, 0.15) is 5.00 Å². The molecule has 1 amide bonds. The van der Waals surface area contributed by atoms with Crippen molar-refractivity contribution in [3.8, 4) is 0 Å². The first-order valence-corrected chi connectivity index (χ1v) is 6.44. The summed E-state index contributed by atoms with van der Waals surface area (Å²) in [6, 6.07) is 5.83. The molecule has 0 bridgehead atoms. The lowest BCUT2D eigenvalue weighted by atomic mass is 10.1. The van der Waals surface area contributed by atoms with Crippen molar-refractivity contribution in [1.29, 1.82) is 0 Å². The Morgan fingerprint density at radius 1 is 1.33 bits per heavy atom. The van der Waals surface area contributed by atoms with Gasteiger partial charge in [0, 0.05) is 12.6 Å². The molecule has 0 spiro atoms. The number of carbonyl (C=O) groups is 1. The molecule has 4 nitrogen and oxygen atoms in total. The van der Waals surface area contributed by atoms with E-state index in [-0.39, 0.29) is 5.91 Å². The molecular formula is C13H15N3OS. The number of hydrogen-bond acceptors (Lipinski definition) is 4. The van der Waals surface area contributed by atoms with Gasteiger partial charge in [0.2, 0.25) is 0 Å². The van der Waals surface area contributed by atoms with Crippen molar-refractivity contribution in [2.24, 2.45) is 0 Å². The maximum atomic E-state index is 12.1.